The molecule has 1 aromatic heterocycles. The summed E-state index contributed by atoms with van der Waals surface area (Å²) in [6.45, 7) is 5.60. The van der Waals surface area contributed by atoms with Gasteiger partial charge in [0.15, 0.2) is 11.5 Å². The molecule has 0 unspecified atom stereocenters. The Labute approximate surface area is 229 Å². The number of hydrogen-bond donors (Lipinski definition) is 0. The lowest BCUT2D eigenvalue weighted by molar-refractivity contribution is -0.140. The first-order chi connectivity index (χ1) is 18.3. The molecule has 3 aromatic rings. The Morgan fingerprint density at radius 3 is 2.21 bits per heavy atom. The summed E-state index contributed by atoms with van der Waals surface area (Å²) in [5.41, 5.74) is 1.75. The molecular formula is C30H37FN2O4S. The van der Waals surface area contributed by atoms with Gasteiger partial charge in [-0.3, -0.25) is 9.59 Å². The van der Waals surface area contributed by atoms with E-state index >= 15 is 0 Å². The predicted octanol–water partition coefficient (Wildman–Crippen LogP) is 5.66. The monoisotopic (exact) mass is 540 g/mol. The Kier molecular flexibility index (Phi) is 11.1. The molecule has 0 saturated carbocycles. The number of nitrogens with zero attached hydrogens (tertiary/aromatic N) is 2. The van der Waals surface area contributed by atoms with E-state index in [1.807, 2.05) is 36.1 Å². The van der Waals surface area contributed by atoms with Gasteiger partial charge >= 0.3 is 0 Å². The Bertz CT molecular complexity index is 1200. The first-order valence-corrected chi connectivity index (χ1v) is 13.7. The highest BCUT2D eigenvalue weighted by molar-refractivity contribution is 7.11. The van der Waals surface area contributed by atoms with Gasteiger partial charge in [-0.15, -0.1) is 11.3 Å². The summed E-state index contributed by atoms with van der Waals surface area (Å²) < 4.78 is 24.1. The number of halogens is 1. The molecule has 8 heteroatoms. The van der Waals surface area contributed by atoms with E-state index in [9.17, 15) is 14.0 Å². The van der Waals surface area contributed by atoms with Crippen molar-refractivity contribution < 1.29 is 23.5 Å². The van der Waals surface area contributed by atoms with Crippen molar-refractivity contribution in [3.63, 3.8) is 0 Å². The highest BCUT2D eigenvalue weighted by Crippen LogP contribution is 2.28. The molecule has 2 amide bonds. The standard InChI is InChI=1S/C30H37FN2O4S/c1-5-6-16-32(29(34)19-23-8-11-25(31)12-9-23)21-30(35)33(20-26-13-7-22(2)38-26)17-15-24-10-14-27(36-3)28(18-24)37-4/h7-14,18H,5-6,15-17,19-21H2,1-4H3. The minimum atomic E-state index is -0.340. The number of carbonyl (C=O) groups excluding carboxylic acids is 2. The lowest BCUT2D eigenvalue weighted by atomic mass is 10.1. The summed E-state index contributed by atoms with van der Waals surface area (Å²) in [6, 6.07) is 15.8. The summed E-state index contributed by atoms with van der Waals surface area (Å²) in [4.78, 5) is 32.5. The number of carbonyl (C=O) groups is 2. The molecule has 0 atom stereocenters. The van der Waals surface area contributed by atoms with Gasteiger partial charge in [0.25, 0.3) is 0 Å². The van der Waals surface area contributed by atoms with Crippen LogP contribution >= 0.6 is 11.3 Å². The number of unbranched alkanes of at least 4 members (excludes halogenated alkanes) is 1. The van der Waals surface area contributed by atoms with Crippen LogP contribution < -0.4 is 9.47 Å². The van der Waals surface area contributed by atoms with Gasteiger partial charge < -0.3 is 19.3 Å². The summed E-state index contributed by atoms with van der Waals surface area (Å²) in [5.74, 6) is 0.733. The van der Waals surface area contributed by atoms with Crippen molar-refractivity contribution in [3.05, 3.63) is 81.3 Å². The molecule has 0 aliphatic rings. The van der Waals surface area contributed by atoms with Gasteiger partial charge in [0, 0.05) is 22.8 Å². The van der Waals surface area contributed by atoms with E-state index in [0.717, 1.165) is 28.8 Å². The molecule has 0 N–H and O–H groups in total. The molecule has 6 nitrogen and oxygen atoms in total. The van der Waals surface area contributed by atoms with Crippen LogP contribution in [0.4, 0.5) is 4.39 Å². The molecule has 0 aliphatic carbocycles. The minimum absolute atomic E-state index is 0.0102. The van der Waals surface area contributed by atoms with Crippen LogP contribution in [-0.2, 0) is 29.0 Å². The number of aryl methyl sites for hydroxylation is 1. The van der Waals surface area contributed by atoms with Crippen molar-refractivity contribution in [2.45, 2.75) is 46.1 Å². The van der Waals surface area contributed by atoms with Crippen LogP contribution in [0.2, 0.25) is 0 Å². The first-order valence-electron chi connectivity index (χ1n) is 12.9. The molecule has 0 fully saturated rings. The predicted molar refractivity (Wildman–Crippen MR) is 149 cm³/mol. The SMILES string of the molecule is CCCCN(CC(=O)N(CCc1ccc(OC)c(OC)c1)Cc1ccc(C)s1)C(=O)Cc1ccc(F)cc1. The van der Waals surface area contributed by atoms with Gasteiger partial charge in [0.2, 0.25) is 11.8 Å². The lowest BCUT2D eigenvalue weighted by Crippen LogP contribution is -2.44. The van der Waals surface area contributed by atoms with Gasteiger partial charge in [-0.2, -0.15) is 0 Å². The first kappa shape index (κ1) is 29.2. The maximum absolute atomic E-state index is 13.6. The van der Waals surface area contributed by atoms with E-state index in [1.54, 1.807) is 42.6 Å². The number of hydrogen-bond acceptors (Lipinski definition) is 5. The molecule has 3 rings (SSSR count). The number of methoxy groups -OCH3 is 2. The third-order valence-electron chi connectivity index (χ3n) is 6.34. The lowest BCUT2D eigenvalue weighted by Gasteiger charge is -2.28. The Hall–Kier alpha value is -3.39. The average Bonchev–Trinajstić information content (AvgIpc) is 3.34. The third kappa shape index (κ3) is 8.58. The fraction of sp³-hybridized carbons (Fsp3) is 0.400. The zero-order valence-electron chi connectivity index (χ0n) is 22.7. The van der Waals surface area contributed by atoms with Crippen LogP contribution in [0, 0.1) is 12.7 Å². The summed E-state index contributed by atoms with van der Waals surface area (Å²) >= 11 is 1.67. The van der Waals surface area contributed by atoms with Gasteiger partial charge in [0.1, 0.15) is 5.82 Å². The summed E-state index contributed by atoms with van der Waals surface area (Å²) in [5, 5.41) is 0. The van der Waals surface area contributed by atoms with Crippen molar-refractivity contribution in [2.75, 3.05) is 33.9 Å². The Morgan fingerprint density at radius 2 is 1.58 bits per heavy atom. The van der Waals surface area contributed by atoms with E-state index in [1.165, 1.54) is 17.0 Å². The summed E-state index contributed by atoms with van der Waals surface area (Å²) in [6.07, 6.45) is 2.48. The average molecular weight is 541 g/mol. The van der Waals surface area contributed by atoms with E-state index < -0.39 is 0 Å². The normalized spacial score (nSPS) is 10.8. The number of rotatable bonds is 14. The van der Waals surface area contributed by atoms with E-state index in [0.29, 0.717) is 37.6 Å². The van der Waals surface area contributed by atoms with Crippen molar-refractivity contribution in [2.24, 2.45) is 0 Å². The minimum Gasteiger partial charge on any atom is -0.493 e. The van der Waals surface area contributed by atoms with Crippen molar-refractivity contribution in [1.29, 1.82) is 0 Å². The van der Waals surface area contributed by atoms with Crippen LogP contribution in [-0.4, -0.2) is 55.5 Å². The van der Waals surface area contributed by atoms with Crippen molar-refractivity contribution >= 4 is 23.2 Å². The molecule has 38 heavy (non-hydrogen) atoms. The van der Waals surface area contributed by atoms with E-state index in [4.69, 9.17) is 9.47 Å². The fourth-order valence-electron chi connectivity index (χ4n) is 4.14. The largest absolute Gasteiger partial charge is 0.493 e. The van der Waals surface area contributed by atoms with E-state index in [2.05, 4.69) is 13.0 Å². The molecule has 204 valence electrons. The maximum atomic E-state index is 13.6. The highest BCUT2D eigenvalue weighted by Gasteiger charge is 2.22. The number of ether oxygens (including phenoxy) is 2. The van der Waals surface area contributed by atoms with Gasteiger partial charge in [-0.1, -0.05) is 31.5 Å². The fourth-order valence-corrected chi connectivity index (χ4v) is 5.05. The smallest absolute Gasteiger partial charge is 0.242 e. The molecular weight excluding hydrogens is 503 g/mol. The van der Waals surface area contributed by atoms with Crippen LogP contribution in [0.25, 0.3) is 0 Å². The van der Waals surface area contributed by atoms with Crippen LogP contribution in [0.1, 0.15) is 40.6 Å². The molecule has 0 spiro atoms. The number of amides is 2. The Morgan fingerprint density at radius 1 is 0.868 bits per heavy atom. The number of benzene rings is 2. The zero-order chi connectivity index (χ0) is 27.5. The maximum Gasteiger partial charge on any atom is 0.242 e. The highest BCUT2D eigenvalue weighted by atomic mass is 32.1. The number of thiophene rings is 1. The van der Waals surface area contributed by atoms with Crippen LogP contribution in [0.5, 0.6) is 11.5 Å². The molecule has 0 radical (unpaired) electrons. The molecule has 0 saturated heterocycles. The second kappa shape index (κ2) is 14.5. The van der Waals surface area contributed by atoms with Crippen LogP contribution in [0.15, 0.2) is 54.6 Å². The Balaban J connectivity index is 1.75. The third-order valence-corrected chi connectivity index (χ3v) is 7.33. The molecule has 0 aliphatic heterocycles. The molecule has 2 aromatic carbocycles. The zero-order valence-corrected chi connectivity index (χ0v) is 23.5. The van der Waals surface area contributed by atoms with Crippen molar-refractivity contribution in [1.82, 2.24) is 9.80 Å². The second-order valence-corrected chi connectivity index (χ2v) is 10.6. The topological polar surface area (TPSA) is 59.1 Å². The molecule has 0 bridgehead atoms. The van der Waals surface area contributed by atoms with Crippen LogP contribution in [0.3, 0.4) is 0 Å². The quantitative estimate of drug-likeness (QED) is 0.265. The van der Waals surface area contributed by atoms with E-state index in [-0.39, 0.29) is 30.6 Å². The van der Waals surface area contributed by atoms with Crippen molar-refractivity contribution in [3.8, 4) is 11.5 Å². The van der Waals surface area contributed by atoms with Gasteiger partial charge in [0.05, 0.1) is 33.7 Å². The molecule has 1 heterocycles. The van der Waals surface area contributed by atoms with Gasteiger partial charge in [-0.25, -0.2) is 4.39 Å². The summed E-state index contributed by atoms with van der Waals surface area (Å²) in [7, 11) is 3.20. The van der Waals surface area contributed by atoms with Gasteiger partial charge in [-0.05, 0) is 67.3 Å². The second-order valence-electron chi connectivity index (χ2n) is 9.24.